The Morgan fingerprint density at radius 1 is 1.22 bits per heavy atom. The highest BCUT2D eigenvalue weighted by atomic mass is 16.5. The van der Waals surface area contributed by atoms with Crippen molar-refractivity contribution in [2.24, 2.45) is 5.92 Å². The van der Waals surface area contributed by atoms with Crippen molar-refractivity contribution in [1.82, 2.24) is 15.0 Å². The minimum absolute atomic E-state index is 0.161. The summed E-state index contributed by atoms with van der Waals surface area (Å²) in [6.45, 7) is 2.85. The van der Waals surface area contributed by atoms with Crippen LogP contribution in [0.1, 0.15) is 48.9 Å². The maximum atomic E-state index is 13.0. The third-order valence-corrected chi connectivity index (χ3v) is 6.01. The van der Waals surface area contributed by atoms with Crippen LogP contribution >= 0.6 is 0 Å². The van der Waals surface area contributed by atoms with Gasteiger partial charge in [0.2, 0.25) is 11.8 Å². The van der Waals surface area contributed by atoms with E-state index in [1.807, 2.05) is 23.1 Å². The Balaban J connectivity index is 1.12. The molecular formula is C21H25N3O3. The van der Waals surface area contributed by atoms with E-state index in [1.54, 1.807) is 0 Å². The number of hydrogen-bond acceptors (Lipinski definition) is 5. The van der Waals surface area contributed by atoms with Crippen molar-refractivity contribution in [3.8, 4) is 0 Å². The second-order valence-electron chi connectivity index (χ2n) is 8.17. The molecule has 1 aromatic carbocycles. The van der Waals surface area contributed by atoms with Crippen molar-refractivity contribution in [3.05, 3.63) is 47.6 Å². The molecule has 0 unspecified atom stereocenters. The highest BCUT2D eigenvalue weighted by molar-refractivity contribution is 5.92. The number of amides is 1. The number of benzene rings is 1. The number of likely N-dealkylation sites (tertiary alicyclic amines) is 1. The molecule has 2 aliphatic carbocycles. The second kappa shape index (κ2) is 6.75. The summed E-state index contributed by atoms with van der Waals surface area (Å²) in [5, 5.41) is 4.06. The molecule has 1 aromatic heterocycles. The molecule has 5 rings (SSSR count). The first-order valence-corrected chi connectivity index (χ1v) is 10.00. The van der Waals surface area contributed by atoms with E-state index in [-0.39, 0.29) is 17.2 Å². The van der Waals surface area contributed by atoms with Crippen molar-refractivity contribution in [3.63, 3.8) is 0 Å². The number of hydrogen-bond donors (Lipinski definition) is 0. The number of carbonyl (C=O) groups excluding carboxylic acids is 1. The third kappa shape index (κ3) is 3.38. The summed E-state index contributed by atoms with van der Waals surface area (Å²) in [6.07, 6.45) is 5.18. The SMILES string of the molecule is O=C(N1CC(c2nc(CCOCC3CC3)no2)C1)C1(c2ccccc2)CC1. The minimum Gasteiger partial charge on any atom is -0.381 e. The lowest BCUT2D eigenvalue weighted by Gasteiger charge is -2.39. The van der Waals surface area contributed by atoms with Crippen LogP contribution in [0.3, 0.4) is 0 Å². The van der Waals surface area contributed by atoms with Crippen LogP contribution in [0.2, 0.25) is 0 Å². The fraction of sp³-hybridized carbons (Fsp3) is 0.571. The van der Waals surface area contributed by atoms with Crippen LogP contribution in [0, 0.1) is 5.92 Å². The molecule has 6 heteroatoms. The van der Waals surface area contributed by atoms with E-state index in [9.17, 15) is 4.79 Å². The van der Waals surface area contributed by atoms with E-state index in [0.29, 0.717) is 37.8 Å². The van der Waals surface area contributed by atoms with Gasteiger partial charge in [0, 0.05) is 26.1 Å². The van der Waals surface area contributed by atoms with E-state index in [1.165, 1.54) is 12.8 Å². The van der Waals surface area contributed by atoms with Crippen LogP contribution in [-0.2, 0) is 21.4 Å². The predicted octanol–water partition coefficient (Wildman–Crippen LogP) is 2.70. The first kappa shape index (κ1) is 16.9. The molecule has 3 fully saturated rings. The largest absolute Gasteiger partial charge is 0.381 e. The Labute approximate surface area is 158 Å². The van der Waals surface area contributed by atoms with Gasteiger partial charge in [-0.2, -0.15) is 4.98 Å². The quantitative estimate of drug-likeness (QED) is 0.671. The number of rotatable bonds is 8. The Morgan fingerprint density at radius 3 is 2.70 bits per heavy atom. The number of carbonyl (C=O) groups is 1. The zero-order chi connectivity index (χ0) is 18.3. The molecular weight excluding hydrogens is 342 g/mol. The van der Waals surface area contributed by atoms with Crippen molar-refractivity contribution >= 4 is 5.91 Å². The molecule has 1 aliphatic heterocycles. The first-order chi connectivity index (χ1) is 13.2. The van der Waals surface area contributed by atoms with Crippen molar-refractivity contribution in [2.75, 3.05) is 26.3 Å². The molecule has 0 spiro atoms. The Bertz CT molecular complexity index is 805. The average Bonchev–Trinajstić information content (AvgIpc) is 3.58. The van der Waals surface area contributed by atoms with Gasteiger partial charge in [-0.25, -0.2) is 0 Å². The zero-order valence-electron chi connectivity index (χ0n) is 15.5. The summed E-state index contributed by atoms with van der Waals surface area (Å²) >= 11 is 0. The molecule has 0 atom stereocenters. The molecule has 2 aromatic rings. The molecule has 0 N–H and O–H groups in total. The smallest absolute Gasteiger partial charge is 0.233 e. The molecule has 1 amide bonds. The Morgan fingerprint density at radius 2 is 2.00 bits per heavy atom. The van der Waals surface area contributed by atoms with E-state index in [0.717, 1.165) is 30.9 Å². The number of nitrogens with zero attached hydrogens (tertiary/aromatic N) is 3. The van der Waals surface area contributed by atoms with E-state index in [2.05, 4.69) is 22.3 Å². The lowest BCUT2D eigenvalue weighted by molar-refractivity contribution is -0.138. The van der Waals surface area contributed by atoms with Crippen LogP contribution in [0.4, 0.5) is 0 Å². The van der Waals surface area contributed by atoms with Crippen LogP contribution < -0.4 is 0 Å². The highest BCUT2D eigenvalue weighted by Crippen LogP contribution is 2.50. The van der Waals surface area contributed by atoms with Gasteiger partial charge in [-0.3, -0.25) is 4.79 Å². The number of ether oxygens (including phenoxy) is 1. The average molecular weight is 367 g/mol. The van der Waals surface area contributed by atoms with Gasteiger partial charge in [0.1, 0.15) is 0 Å². The summed E-state index contributed by atoms with van der Waals surface area (Å²) in [5.74, 6) is 2.54. The Hall–Kier alpha value is -2.21. The van der Waals surface area contributed by atoms with Crippen molar-refractivity contribution in [2.45, 2.75) is 43.4 Å². The van der Waals surface area contributed by atoms with Gasteiger partial charge in [0.05, 0.1) is 17.9 Å². The molecule has 2 saturated carbocycles. The second-order valence-corrected chi connectivity index (χ2v) is 8.17. The maximum Gasteiger partial charge on any atom is 0.233 e. The van der Waals surface area contributed by atoms with Crippen molar-refractivity contribution < 1.29 is 14.1 Å². The summed E-state index contributed by atoms with van der Waals surface area (Å²) in [4.78, 5) is 19.4. The van der Waals surface area contributed by atoms with Gasteiger partial charge < -0.3 is 14.2 Å². The minimum atomic E-state index is -0.287. The topological polar surface area (TPSA) is 68.5 Å². The van der Waals surface area contributed by atoms with Gasteiger partial charge in [0.25, 0.3) is 0 Å². The molecule has 1 saturated heterocycles. The van der Waals surface area contributed by atoms with E-state index >= 15 is 0 Å². The summed E-state index contributed by atoms with van der Waals surface area (Å²) in [7, 11) is 0. The third-order valence-electron chi connectivity index (χ3n) is 6.01. The first-order valence-electron chi connectivity index (χ1n) is 10.00. The van der Waals surface area contributed by atoms with E-state index in [4.69, 9.17) is 9.26 Å². The molecule has 27 heavy (non-hydrogen) atoms. The molecule has 142 valence electrons. The summed E-state index contributed by atoms with van der Waals surface area (Å²) in [6, 6.07) is 10.1. The molecule has 0 bridgehead atoms. The summed E-state index contributed by atoms with van der Waals surface area (Å²) in [5.41, 5.74) is 0.857. The van der Waals surface area contributed by atoms with Crippen LogP contribution in [0.15, 0.2) is 34.9 Å². The maximum absolute atomic E-state index is 13.0. The molecule has 6 nitrogen and oxygen atoms in total. The number of aromatic nitrogens is 2. The monoisotopic (exact) mass is 367 g/mol. The standard InChI is InChI=1S/C21H25N3O3/c25-20(21(9-10-21)17-4-2-1-3-5-17)24-12-16(13-24)19-22-18(23-27-19)8-11-26-14-15-6-7-15/h1-5,15-16H,6-14H2. The normalized spacial score (nSPS) is 21.1. The zero-order valence-corrected chi connectivity index (χ0v) is 15.5. The fourth-order valence-electron chi connectivity index (χ4n) is 3.84. The lowest BCUT2D eigenvalue weighted by atomic mass is 9.90. The van der Waals surface area contributed by atoms with E-state index < -0.39 is 0 Å². The van der Waals surface area contributed by atoms with Gasteiger partial charge in [-0.05, 0) is 37.2 Å². The van der Waals surface area contributed by atoms with Crippen molar-refractivity contribution in [1.29, 1.82) is 0 Å². The van der Waals surface area contributed by atoms with Gasteiger partial charge in [0.15, 0.2) is 5.82 Å². The van der Waals surface area contributed by atoms with Gasteiger partial charge >= 0.3 is 0 Å². The fourth-order valence-corrected chi connectivity index (χ4v) is 3.84. The summed E-state index contributed by atoms with van der Waals surface area (Å²) < 4.78 is 11.1. The highest BCUT2D eigenvalue weighted by Gasteiger charge is 2.55. The van der Waals surface area contributed by atoms with Crippen LogP contribution in [0.5, 0.6) is 0 Å². The van der Waals surface area contributed by atoms with Crippen LogP contribution in [0.25, 0.3) is 0 Å². The molecule has 2 heterocycles. The lowest BCUT2D eigenvalue weighted by Crippen LogP contribution is -2.52. The molecule has 0 radical (unpaired) electrons. The van der Waals surface area contributed by atoms with Crippen LogP contribution in [-0.4, -0.2) is 47.3 Å². The van der Waals surface area contributed by atoms with Gasteiger partial charge in [-0.15, -0.1) is 0 Å². The Kier molecular flexibility index (Phi) is 4.23. The molecule has 3 aliphatic rings. The predicted molar refractivity (Wildman–Crippen MR) is 98.2 cm³/mol. The van der Waals surface area contributed by atoms with Gasteiger partial charge in [-0.1, -0.05) is 35.5 Å².